The van der Waals surface area contributed by atoms with Gasteiger partial charge in [0.2, 0.25) is 5.91 Å². The fraction of sp³-hybridized carbons (Fsp3) is 0.556. The number of carbonyl (C=O) groups excluding carboxylic acids is 2. The summed E-state index contributed by atoms with van der Waals surface area (Å²) in [6.45, 7) is 0.708. The summed E-state index contributed by atoms with van der Waals surface area (Å²) in [7, 11) is 4.50. The van der Waals surface area contributed by atoms with Crippen molar-refractivity contribution in [2.24, 2.45) is 5.92 Å². The average molecular weight is 366 g/mol. The molecule has 0 bridgehead atoms. The van der Waals surface area contributed by atoms with E-state index in [4.69, 9.17) is 14.2 Å². The second-order valence-corrected chi connectivity index (χ2v) is 6.16. The molecule has 1 aliphatic rings. The molecule has 2 N–H and O–H groups in total. The lowest BCUT2D eigenvalue weighted by molar-refractivity contribution is -0.126. The van der Waals surface area contributed by atoms with Crippen LogP contribution in [0.25, 0.3) is 0 Å². The summed E-state index contributed by atoms with van der Waals surface area (Å²) in [5, 5.41) is 12.5. The molecule has 8 heteroatoms. The van der Waals surface area contributed by atoms with E-state index in [1.807, 2.05) is 0 Å². The first-order valence-electron chi connectivity index (χ1n) is 8.44. The topological polar surface area (TPSA) is 97.3 Å². The fourth-order valence-electron chi connectivity index (χ4n) is 3.12. The maximum atomic E-state index is 12.8. The Morgan fingerprint density at radius 1 is 1.23 bits per heavy atom. The molecule has 1 aliphatic heterocycles. The molecule has 0 spiro atoms. The van der Waals surface area contributed by atoms with Crippen molar-refractivity contribution in [3.63, 3.8) is 0 Å². The zero-order valence-electron chi connectivity index (χ0n) is 15.4. The minimum atomic E-state index is -0.228. The smallest absolute Gasteiger partial charge is 0.254 e. The third-order valence-electron chi connectivity index (χ3n) is 4.51. The van der Waals surface area contributed by atoms with Gasteiger partial charge in [0.15, 0.2) is 11.5 Å². The van der Waals surface area contributed by atoms with Crippen LogP contribution in [0, 0.1) is 5.92 Å². The number of amides is 2. The lowest BCUT2D eigenvalue weighted by Crippen LogP contribution is -2.54. The normalized spacial score (nSPS) is 19.8. The van der Waals surface area contributed by atoms with Crippen LogP contribution in [0.5, 0.6) is 11.5 Å². The Hall–Kier alpha value is -2.32. The van der Waals surface area contributed by atoms with Crippen LogP contribution in [0.1, 0.15) is 16.8 Å². The Morgan fingerprint density at radius 2 is 1.96 bits per heavy atom. The first kappa shape index (κ1) is 20.0. The third-order valence-corrected chi connectivity index (χ3v) is 4.51. The number of carbonyl (C=O) groups is 2. The Balaban J connectivity index is 2.06. The van der Waals surface area contributed by atoms with Gasteiger partial charge < -0.3 is 29.5 Å². The molecule has 26 heavy (non-hydrogen) atoms. The first-order chi connectivity index (χ1) is 12.5. The van der Waals surface area contributed by atoms with E-state index in [1.54, 1.807) is 23.1 Å². The van der Waals surface area contributed by atoms with Crippen LogP contribution in [0.3, 0.4) is 0 Å². The minimum absolute atomic E-state index is 0.0249. The fourth-order valence-corrected chi connectivity index (χ4v) is 3.12. The van der Waals surface area contributed by atoms with E-state index in [9.17, 15) is 14.7 Å². The van der Waals surface area contributed by atoms with Gasteiger partial charge in [-0.15, -0.1) is 0 Å². The zero-order valence-corrected chi connectivity index (χ0v) is 15.4. The first-order valence-corrected chi connectivity index (χ1v) is 8.44. The average Bonchev–Trinajstić information content (AvgIpc) is 2.67. The monoisotopic (exact) mass is 366 g/mol. The van der Waals surface area contributed by atoms with Crippen LogP contribution in [0.2, 0.25) is 0 Å². The van der Waals surface area contributed by atoms with Crippen molar-refractivity contribution in [3.8, 4) is 11.5 Å². The number of methoxy groups -OCH3 is 3. The zero-order chi connectivity index (χ0) is 19.1. The minimum Gasteiger partial charge on any atom is -0.493 e. The van der Waals surface area contributed by atoms with Crippen LogP contribution >= 0.6 is 0 Å². The molecule has 144 valence electrons. The molecule has 0 aliphatic carbocycles. The number of rotatable bonds is 7. The van der Waals surface area contributed by atoms with Gasteiger partial charge >= 0.3 is 0 Å². The molecule has 0 saturated carbocycles. The number of nitrogens with one attached hydrogen (secondary N) is 1. The predicted octanol–water partition coefficient (Wildman–Crippen LogP) is 0.289. The van der Waals surface area contributed by atoms with Gasteiger partial charge in [-0.2, -0.15) is 0 Å². The molecule has 1 fully saturated rings. The van der Waals surface area contributed by atoms with Gasteiger partial charge in [0.05, 0.1) is 14.2 Å². The number of ether oxygens (including phenoxy) is 3. The van der Waals surface area contributed by atoms with E-state index < -0.39 is 0 Å². The van der Waals surface area contributed by atoms with Crippen molar-refractivity contribution in [2.75, 3.05) is 47.6 Å². The quantitative estimate of drug-likeness (QED) is 0.720. The second kappa shape index (κ2) is 9.40. The van der Waals surface area contributed by atoms with E-state index in [1.165, 1.54) is 21.3 Å². The van der Waals surface area contributed by atoms with Crippen LogP contribution in [-0.2, 0) is 9.53 Å². The van der Waals surface area contributed by atoms with Gasteiger partial charge in [0.25, 0.3) is 5.91 Å². The molecule has 0 unspecified atom stereocenters. The molecule has 0 radical (unpaired) electrons. The van der Waals surface area contributed by atoms with Gasteiger partial charge in [0, 0.05) is 44.3 Å². The molecule has 8 nitrogen and oxygen atoms in total. The molecule has 1 heterocycles. The summed E-state index contributed by atoms with van der Waals surface area (Å²) in [6, 6.07) is 4.83. The Labute approximate surface area is 153 Å². The molecule has 2 rings (SSSR count). The number of piperidine rings is 1. The van der Waals surface area contributed by atoms with Gasteiger partial charge in [-0.1, -0.05) is 0 Å². The summed E-state index contributed by atoms with van der Waals surface area (Å²) < 4.78 is 15.2. The summed E-state index contributed by atoms with van der Waals surface area (Å²) in [5.41, 5.74) is 0.487. The Morgan fingerprint density at radius 3 is 2.58 bits per heavy atom. The number of benzene rings is 1. The van der Waals surface area contributed by atoms with Gasteiger partial charge in [-0.05, 0) is 24.6 Å². The van der Waals surface area contributed by atoms with Crippen molar-refractivity contribution in [2.45, 2.75) is 12.5 Å². The maximum absolute atomic E-state index is 12.8. The van der Waals surface area contributed by atoms with Crippen LogP contribution in [0.15, 0.2) is 18.2 Å². The lowest BCUT2D eigenvalue weighted by Gasteiger charge is -2.38. The molecule has 1 aromatic rings. The summed E-state index contributed by atoms with van der Waals surface area (Å²) in [4.78, 5) is 26.2. The van der Waals surface area contributed by atoms with Crippen LogP contribution in [0.4, 0.5) is 0 Å². The van der Waals surface area contributed by atoms with Crippen molar-refractivity contribution >= 4 is 11.8 Å². The lowest BCUT2D eigenvalue weighted by atomic mass is 9.92. The number of likely N-dealkylation sites (tertiary alicyclic amines) is 1. The highest BCUT2D eigenvalue weighted by Gasteiger charge is 2.32. The number of nitrogens with zero attached hydrogens (tertiary/aromatic N) is 1. The third kappa shape index (κ3) is 4.64. The largest absolute Gasteiger partial charge is 0.493 e. The highest BCUT2D eigenvalue weighted by molar-refractivity contribution is 5.95. The van der Waals surface area contributed by atoms with Gasteiger partial charge in [-0.25, -0.2) is 0 Å². The number of hydrogen-bond donors (Lipinski definition) is 2. The van der Waals surface area contributed by atoms with Crippen molar-refractivity contribution in [1.29, 1.82) is 0 Å². The Bertz CT molecular complexity index is 636. The highest BCUT2D eigenvalue weighted by Crippen LogP contribution is 2.29. The van der Waals surface area contributed by atoms with Crippen LogP contribution in [-0.4, -0.2) is 75.5 Å². The molecule has 1 aromatic carbocycles. The van der Waals surface area contributed by atoms with Crippen molar-refractivity contribution in [3.05, 3.63) is 23.8 Å². The Kier molecular flexibility index (Phi) is 7.23. The molecule has 2 amide bonds. The number of aliphatic hydroxyl groups excluding tert-OH is 1. The SMILES string of the molecule is COCC(=O)N[C@@H]1CCN(C(=O)c2ccc(OC)c(OC)c2)C[C@@H]1CO. The summed E-state index contributed by atoms with van der Waals surface area (Å²) >= 11 is 0. The van der Waals surface area contributed by atoms with E-state index >= 15 is 0 Å². The predicted molar refractivity (Wildman–Crippen MR) is 94.4 cm³/mol. The van der Waals surface area contributed by atoms with E-state index in [0.29, 0.717) is 36.6 Å². The second-order valence-electron chi connectivity index (χ2n) is 6.16. The molecule has 2 atom stereocenters. The standard InChI is InChI=1S/C18H26N2O6/c1-24-11-17(22)19-14-6-7-20(9-13(14)10-21)18(23)12-4-5-15(25-2)16(8-12)26-3/h4-5,8,13-14,21H,6-7,9-11H2,1-3H3,(H,19,22)/t13-,14-/m1/s1. The summed E-state index contributed by atoms with van der Waals surface area (Å²) in [6.07, 6.45) is 0.569. The summed E-state index contributed by atoms with van der Waals surface area (Å²) in [5.74, 6) is 0.436. The molecular formula is C18H26N2O6. The molecule has 0 aromatic heterocycles. The number of hydrogen-bond acceptors (Lipinski definition) is 6. The van der Waals surface area contributed by atoms with Gasteiger partial charge in [0.1, 0.15) is 6.61 Å². The van der Waals surface area contributed by atoms with E-state index in [-0.39, 0.29) is 37.0 Å². The van der Waals surface area contributed by atoms with Gasteiger partial charge in [-0.3, -0.25) is 9.59 Å². The highest BCUT2D eigenvalue weighted by atomic mass is 16.5. The molecular weight excluding hydrogens is 340 g/mol. The number of aliphatic hydroxyl groups is 1. The molecule has 1 saturated heterocycles. The maximum Gasteiger partial charge on any atom is 0.254 e. The van der Waals surface area contributed by atoms with Crippen molar-refractivity contribution < 1.29 is 28.9 Å². The van der Waals surface area contributed by atoms with E-state index in [2.05, 4.69) is 5.32 Å². The van der Waals surface area contributed by atoms with Crippen molar-refractivity contribution in [1.82, 2.24) is 10.2 Å². The van der Waals surface area contributed by atoms with E-state index in [0.717, 1.165) is 0 Å². The van der Waals surface area contributed by atoms with Crippen LogP contribution < -0.4 is 14.8 Å².